The van der Waals surface area contributed by atoms with Crippen molar-refractivity contribution in [2.24, 2.45) is 0 Å². The first kappa shape index (κ1) is 14.4. The summed E-state index contributed by atoms with van der Waals surface area (Å²) in [6.45, 7) is 6.08. The fraction of sp³-hybridized carbons (Fsp3) is 0.467. The van der Waals surface area contributed by atoms with Crippen LogP contribution in [0.2, 0.25) is 0 Å². The number of nitriles is 1. The van der Waals surface area contributed by atoms with E-state index in [2.05, 4.69) is 11.0 Å². The van der Waals surface area contributed by atoms with Crippen molar-refractivity contribution in [1.29, 1.82) is 5.26 Å². The third-order valence-electron chi connectivity index (χ3n) is 3.36. The van der Waals surface area contributed by atoms with Crippen LogP contribution in [0.15, 0.2) is 24.3 Å². The number of hydrogen-bond donors (Lipinski definition) is 0. The van der Waals surface area contributed by atoms with Crippen molar-refractivity contribution in [2.75, 3.05) is 32.8 Å². The van der Waals surface area contributed by atoms with Gasteiger partial charge in [0.25, 0.3) is 0 Å². The number of nitrogens with zero attached hydrogens (tertiary/aromatic N) is 3. The van der Waals surface area contributed by atoms with E-state index >= 15 is 0 Å². The lowest BCUT2D eigenvalue weighted by atomic mass is 10.1. The van der Waals surface area contributed by atoms with Gasteiger partial charge in [0.05, 0.1) is 18.2 Å². The first-order valence-electron chi connectivity index (χ1n) is 6.86. The van der Waals surface area contributed by atoms with Crippen LogP contribution in [0.5, 0.6) is 0 Å². The number of ether oxygens (including phenoxy) is 1. The average molecular weight is 273 g/mol. The number of amides is 1. The van der Waals surface area contributed by atoms with Gasteiger partial charge in [0.2, 0.25) is 0 Å². The van der Waals surface area contributed by atoms with Crippen LogP contribution in [-0.4, -0.2) is 48.7 Å². The molecule has 106 valence electrons. The van der Waals surface area contributed by atoms with E-state index in [0.29, 0.717) is 25.3 Å². The normalized spacial score (nSPS) is 15.7. The Morgan fingerprint density at radius 1 is 1.35 bits per heavy atom. The van der Waals surface area contributed by atoms with Crippen molar-refractivity contribution in [3.63, 3.8) is 0 Å². The van der Waals surface area contributed by atoms with Gasteiger partial charge in [-0.2, -0.15) is 5.26 Å². The van der Waals surface area contributed by atoms with Crippen molar-refractivity contribution in [2.45, 2.75) is 13.5 Å². The second kappa shape index (κ2) is 6.92. The van der Waals surface area contributed by atoms with Crippen molar-refractivity contribution < 1.29 is 9.53 Å². The van der Waals surface area contributed by atoms with Gasteiger partial charge in [0, 0.05) is 32.7 Å². The maximum atomic E-state index is 11.6. The van der Waals surface area contributed by atoms with Gasteiger partial charge in [0.15, 0.2) is 0 Å². The highest BCUT2D eigenvalue weighted by Crippen LogP contribution is 2.11. The van der Waals surface area contributed by atoms with Crippen molar-refractivity contribution in [3.05, 3.63) is 35.4 Å². The van der Waals surface area contributed by atoms with E-state index in [1.54, 1.807) is 4.90 Å². The highest BCUT2D eigenvalue weighted by Gasteiger charge is 2.21. The Bertz CT molecular complexity index is 502. The molecule has 0 N–H and O–H groups in total. The molecular formula is C15H19N3O2. The molecule has 0 spiro atoms. The SMILES string of the molecule is CCOC(=O)N1CCN(Cc2cccc(C#N)c2)CC1. The zero-order valence-corrected chi connectivity index (χ0v) is 11.7. The minimum atomic E-state index is -0.223. The molecule has 1 amide bonds. The highest BCUT2D eigenvalue weighted by molar-refractivity contribution is 5.67. The lowest BCUT2D eigenvalue weighted by Gasteiger charge is -2.34. The molecule has 1 fully saturated rings. The van der Waals surface area contributed by atoms with Crippen LogP contribution in [0.25, 0.3) is 0 Å². The van der Waals surface area contributed by atoms with Gasteiger partial charge in [-0.15, -0.1) is 0 Å². The minimum Gasteiger partial charge on any atom is -0.450 e. The second-order valence-electron chi connectivity index (χ2n) is 4.77. The molecule has 2 rings (SSSR count). The monoisotopic (exact) mass is 273 g/mol. The van der Waals surface area contributed by atoms with E-state index in [1.807, 2.05) is 31.2 Å². The summed E-state index contributed by atoms with van der Waals surface area (Å²) >= 11 is 0. The number of piperazine rings is 1. The third-order valence-corrected chi connectivity index (χ3v) is 3.36. The molecule has 1 aromatic rings. The highest BCUT2D eigenvalue weighted by atomic mass is 16.6. The molecule has 1 saturated heterocycles. The molecule has 0 unspecified atom stereocenters. The summed E-state index contributed by atoms with van der Waals surface area (Å²) in [5, 5.41) is 8.89. The first-order chi connectivity index (χ1) is 9.72. The Hall–Kier alpha value is -2.06. The van der Waals surface area contributed by atoms with Gasteiger partial charge in [-0.25, -0.2) is 4.79 Å². The van der Waals surface area contributed by atoms with Crippen LogP contribution in [-0.2, 0) is 11.3 Å². The topological polar surface area (TPSA) is 56.6 Å². The molecule has 0 atom stereocenters. The minimum absolute atomic E-state index is 0.223. The maximum absolute atomic E-state index is 11.6. The maximum Gasteiger partial charge on any atom is 0.409 e. The third kappa shape index (κ3) is 3.72. The van der Waals surface area contributed by atoms with Crippen LogP contribution in [0.4, 0.5) is 4.79 Å². The van der Waals surface area contributed by atoms with E-state index in [4.69, 9.17) is 10.00 Å². The number of carbonyl (C=O) groups excluding carboxylic acids is 1. The fourth-order valence-corrected chi connectivity index (χ4v) is 2.30. The van der Waals surface area contributed by atoms with Gasteiger partial charge in [-0.05, 0) is 24.6 Å². The van der Waals surface area contributed by atoms with E-state index < -0.39 is 0 Å². The summed E-state index contributed by atoms with van der Waals surface area (Å²) < 4.78 is 5.00. The zero-order valence-electron chi connectivity index (χ0n) is 11.7. The van der Waals surface area contributed by atoms with Crippen molar-refractivity contribution in [1.82, 2.24) is 9.80 Å². The van der Waals surface area contributed by atoms with Crippen molar-refractivity contribution >= 4 is 6.09 Å². The summed E-state index contributed by atoms with van der Waals surface area (Å²) in [4.78, 5) is 15.6. The average Bonchev–Trinajstić information content (AvgIpc) is 2.48. The van der Waals surface area contributed by atoms with Gasteiger partial charge >= 0.3 is 6.09 Å². The summed E-state index contributed by atoms with van der Waals surface area (Å²) in [6.07, 6.45) is -0.223. The number of rotatable bonds is 3. The Kier molecular flexibility index (Phi) is 4.97. The summed E-state index contributed by atoms with van der Waals surface area (Å²) in [6, 6.07) is 9.81. The predicted molar refractivity (Wildman–Crippen MR) is 75.0 cm³/mol. The molecule has 5 heteroatoms. The molecule has 0 aliphatic carbocycles. The van der Waals surface area contributed by atoms with Gasteiger partial charge < -0.3 is 9.64 Å². The smallest absolute Gasteiger partial charge is 0.409 e. The van der Waals surface area contributed by atoms with Gasteiger partial charge in [-0.3, -0.25) is 4.90 Å². The van der Waals surface area contributed by atoms with E-state index in [1.165, 1.54) is 0 Å². The van der Waals surface area contributed by atoms with E-state index in [0.717, 1.165) is 25.2 Å². The summed E-state index contributed by atoms with van der Waals surface area (Å²) in [5.41, 5.74) is 1.82. The van der Waals surface area contributed by atoms with Crippen LogP contribution < -0.4 is 0 Å². The zero-order chi connectivity index (χ0) is 14.4. The van der Waals surface area contributed by atoms with E-state index in [-0.39, 0.29) is 6.09 Å². The quantitative estimate of drug-likeness (QED) is 0.843. The molecule has 1 aliphatic rings. The van der Waals surface area contributed by atoms with E-state index in [9.17, 15) is 4.79 Å². The molecule has 0 aromatic heterocycles. The number of carbonyl (C=O) groups is 1. The van der Waals surface area contributed by atoms with Gasteiger partial charge in [-0.1, -0.05) is 12.1 Å². The molecule has 0 saturated carbocycles. The summed E-state index contributed by atoms with van der Waals surface area (Å²) in [7, 11) is 0. The number of benzene rings is 1. The van der Waals surface area contributed by atoms with Gasteiger partial charge in [0.1, 0.15) is 0 Å². The predicted octanol–water partition coefficient (Wildman–Crippen LogP) is 1.83. The first-order valence-corrected chi connectivity index (χ1v) is 6.86. The molecule has 1 heterocycles. The molecule has 1 aromatic carbocycles. The fourth-order valence-electron chi connectivity index (χ4n) is 2.30. The standard InChI is InChI=1S/C15H19N3O2/c1-2-20-15(19)18-8-6-17(7-9-18)12-14-5-3-4-13(10-14)11-16/h3-5,10H,2,6-9,12H2,1H3. The Balaban J connectivity index is 1.85. The van der Waals surface area contributed by atoms with Crippen LogP contribution in [0.3, 0.4) is 0 Å². The molecular weight excluding hydrogens is 254 g/mol. The lowest BCUT2D eigenvalue weighted by molar-refractivity contribution is 0.0778. The lowest BCUT2D eigenvalue weighted by Crippen LogP contribution is -2.48. The molecule has 0 bridgehead atoms. The Morgan fingerprint density at radius 2 is 2.10 bits per heavy atom. The Labute approximate surface area is 119 Å². The van der Waals surface area contributed by atoms with Crippen molar-refractivity contribution in [3.8, 4) is 6.07 Å². The molecule has 0 radical (unpaired) electrons. The van der Waals surface area contributed by atoms with Crippen LogP contribution >= 0.6 is 0 Å². The van der Waals surface area contributed by atoms with Crippen LogP contribution in [0, 0.1) is 11.3 Å². The summed E-state index contributed by atoms with van der Waals surface area (Å²) in [5.74, 6) is 0. The second-order valence-corrected chi connectivity index (χ2v) is 4.77. The Morgan fingerprint density at radius 3 is 2.75 bits per heavy atom. The molecule has 5 nitrogen and oxygen atoms in total. The van der Waals surface area contributed by atoms with Crippen LogP contribution in [0.1, 0.15) is 18.1 Å². The molecule has 1 aliphatic heterocycles. The number of hydrogen-bond acceptors (Lipinski definition) is 4. The molecule has 20 heavy (non-hydrogen) atoms. The largest absolute Gasteiger partial charge is 0.450 e.